The monoisotopic (exact) mass is 482 g/mol. The summed E-state index contributed by atoms with van der Waals surface area (Å²) < 4.78 is 41.5. The summed E-state index contributed by atoms with van der Waals surface area (Å²) in [5.74, 6) is -0.246. The minimum Gasteiger partial charge on any atom is -0.367 e. The molecule has 1 amide bonds. The molecule has 0 unspecified atom stereocenters. The van der Waals surface area contributed by atoms with E-state index in [1.54, 1.807) is 60.4 Å². The van der Waals surface area contributed by atoms with Crippen LogP contribution in [-0.2, 0) is 10.0 Å². The van der Waals surface area contributed by atoms with Crippen molar-refractivity contribution >= 4 is 27.4 Å². The topological polar surface area (TPSA) is 82.6 Å². The number of likely N-dealkylation sites (tertiary alicyclic amines) is 1. The molecule has 1 fully saturated rings. The van der Waals surface area contributed by atoms with Crippen LogP contribution in [0.5, 0.6) is 0 Å². The van der Waals surface area contributed by atoms with Crippen molar-refractivity contribution in [3.63, 3.8) is 0 Å². The van der Waals surface area contributed by atoms with Gasteiger partial charge in [-0.2, -0.15) is 0 Å². The molecular formula is C25H27FN4O3S. The summed E-state index contributed by atoms with van der Waals surface area (Å²) in [6.07, 6.45) is 2.72. The number of carbonyl (C=O) groups is 1. The number of amides is 1. The van der Waals surface area contributed by atoms with E-state index in [4.69, 9.17) is 0 Å². The molecular weight excluding hydrogens is 455 g/mol. The number of hydrogen-bond acceptors (Lipinski definition) is 5. The Morgan fingerprint density at radius 1 is 1.06 bits per heavy atom. The van der Waals surface area contributed by atoms with Crippen molar-refractivity contribution in [2.75, 3.05) is 29.3 Å². The number of hydrogen-bond donors (Lipinski definition) is 1. The number of rotatable bonds is 7. The van der Waals surface area contributed by atoms with Gasteiger partial charge in [0.15, 0.2) is 0 Å². The zero-order chi connectivity index (χ0) is 24.1. The highest BCUT2D eigenvalue weighted by molar-refractivity contribution is 7.92. The summed E-state index contributed by atoms with van der Waals surface area (Å²) in [6.45, 7) is 3.09. The van der Waals surface area contributed by atoms with E-state index in [9.17, 15) is 17.6 Å². The number of halogens is 1. The summed E-state index contributed by atoms with van der Waals surface area (Å²) in [6, 6.07) is 18.2. The van der Waals surface area contributed by atoms with Crippen molar-refractivity contribution in [2.45, 2.75) is 30.7 Å². The van der Waals surface area contributed by atoms with E-state index in [1.807, 2.05) is 6.07 Å². The average molecular weight is 483 g/mol. The number of nitrogens with zero attached hydrogens (tertiary/aromatic N) is 3. The Hall–Kier alpha value is -3.46. The lowest BCUT2D eigenvalue weighted by atomic mass is 10.0. The van der Waals surface area contributed by atoms with Crippen molar-refractivity contribution in [1.29, 1.82) is 0 Å². The smallest absolute Gasteiger partial charge is 0.265 e. The number of aromatic nitrogens is 1. The Bertz CT molecular complexity index is 1230. The van der Waals surface area contributed by atoms with Gasteiger partial charge >= 0.3 is 0 Å². The van der Waals surface area contributed by atoms with E-state index in [0.29, 0.717) is 44.0 Å². The van der Waals surface area contributed by atoms with Crippen molar-refractivity contribution < 1.29 is 17.6 Å². The molecule has 3 aromatic rings. The second-order valence-electron chi connectivity index (χ2n) is 8.08. The van der Waals surface area contributed by atoms with Crippen LogP contribution in [0.3, 0.4) is 0 Å². The highest BCUT2D eigenvalue weighted by Gasteiger charge is 2.26. The number of anilines is 2. The molecule has 1 aliphatic rings. The number of carbonyl (C=O) groups excluding carboxylic acids is 1. The van der Waals surface area contributed by atoms with Crippen LogP contribution in [0, 0.1) is 5.82 Å². The zero-order valence-electron chi connectivity index (χ0n) is 18.9. The Morgan fingerprint density at radius 2 is 1.74 bits per heavy atom. The molecule has 0 bridgehead atoms. The Balaban J connectivity index is 1.37. The quantitative estimate of drug-likeness (QED) is 0.547. The molecule has 0 radical (unpaired) electrons. The van der Waals surface area contributed by atoms with E-state index in [-0.39, 0.29) is 22.4 Å². The number of sulfonamides is 1. The van der Waals surface area contributed by atoms with E-state index >= 15 is 0 Å². The van der Waals surface area contributed by atoms with Gasteiger partial charge in [-0.3, -0.25) is 9.10 Å². The predicted octanol–water partition coefficient (Wildman–Crippen LogP) is 4.15. The maximum atomic E-state index is 13.9. The maximum Gasteiger partial charge on any atom is 0.265 e. The summed E-state index contributed by atoms with van der Waals surface area (Å²) in [5.41, 5.74) is 0.688. The van der Waals surface area contributed by atoms with Gasteiger partial charge in [0.1, 0.15) is 16.5 Å². The molecule has 7 nitrogen and oxygen atoms in total. The molecule has 9 heteroatoms. The number of nitrogens with one attached hydrogen (secondary N) is 1. The fourth-order valence-corrected chi connectivity index (χ4v) is 5.49. The van der Waals surface area contributed by atoms with Crippen LogP contribution in [0.1, 0.15) is 30.1 Å². The van der Waals surface area contributed by atoms with Gasteiger partial charge in [0.05, 0.1) is 11.3 Å². The lowest BCUT2D eigenvalue weighted by Crippen LogP contribution is -2.42. The maximum absolute atomic E-state index is 13.9. The lowest BCUT2D eigenvalue weighted by molar-refractivity contribution is 0.0713. The van der Waals surface area contributed by atoms with Gasteiger partial charge in [0, 0.05) is 31.9 Å². The normalized spacial score (nSPS) is 14.6. The molecule has 0 atom stereocenters. The van der Waals surface area contributed by atoms with Crippen LogP contribution in [0.15, 0.2) is 77.8 Å². The van der Waals surface area contributed by atoms with Crippen LogP contribution in [0.2, 0.25) is 0 Å². The fourth-order valence-electron chi connectivity index (χ4n) is 4.07. The highest BCUT2D eigenvalue weighted by Crippen LogP contribution is 2.24. The number of benzene rings is 2. The number of para-hydroxylation sites is 1. The van der Waals surface area contributed by atoms with Crippen molar-refractivity contribution in [3.05, 3.63) is 84.3 Å². The van der Waals surface area contributed by atoms with Crippen molar-refractivity contribution in [3.8, 4) is 0 Å². The summed E-state index contributed by atoms with van der Waals surface area (Å²) in [5, 5.41) is 3.31. The Morgan fingerprint density at radius 3 is 2.35 bits per heavy atom. The van der Waals surface area contributed by atoms with E-state index in [0.717, 1.165) is 0 Å². The van der Waals surface area contributed by atoms with Crippen molar-refractivity contribution in [2.24, 2.45) is 0 Å². The number of piperidine rings is 1. The van der Waals surface area contributed by atoms with Crippen molar-refractivity contribution in [1.82, 2.24) is 9.88 Å². The molecule has 1 saturated heterocycles. The highest BCUT2D eigenvalue weighted by atomic mass is 32.2. The van der Waals surface area contributed by atoms with E-state index in [2.05, 4.69) is 10.3 Å². The van der Waals surface area contributed by atoms with Crippen LogP contribution >= 0.6 is 0 Å². The molecule has 0 aliphatic carbocycles. The third-order valence-electron chi connectivity index (χ3n) is 5.89. The second kappa shape index (κ2) is 10.2. The standard InChI is InChI=1S/C25H27FN4O3S/c1-2-30(20-8-4-3-5-9-20)34(32,33)21-12-13-24(27-18-21)28-19-14-16-29(17-15-19)25(31)22-10-6-7-11-23(22)26/h3-13,18-19H,2,14-17H2,1H3,(H,27,28). The fraction of sp³-hybridized carbons (Fsp3) is 0.280. The average Bonchev–Trinajstić information content (AvgIpc) is 2.86. The number of pyridine rings is 1. The van der Waals surface area contributed by atoms with Crippen LogP contribution in [0.25, 0.3) is 0 Å². The largest absolute Gasteiger partial charge is 0.367 e. The van der Waals surface area contributed by atoms with Crippen LogP contribution < -0.4 is 9.62 Å². The summed E-state index contributed by atoms with van der Waals surface area (Å²) in [7, 11) is -3.73. The Labute approximate surface area is 199 Å². The van der Waals surface area contributed by atoms with Gasteiger partial charge in [0.25, 0.3) is 15.9 Å². The first-order valence-corrected chi connectivity index (χ1v) is 12.7. The molecule has 1 aromatic heterocycles. The molecule has 0 spiro atoms. The van der Waals surface area contributed by atoms with Gasteiger partial charge < -0.3 is 10.2 Å². The van der Waals surface area contributed by atoms with Gasteiger partial charge in [-0.1, -0.05) is 30.3 Å². The molecule has 34 heavy (non-hydrogen) atoms. The van der Waals surface area contributed by atoms with Gasteiger partial charge in [-0.05, 0) is 56.2 Å². The minimum absolute atomic E-state index is 0.0797. The summed E-state index contributed by atoms with van der Waals surface area (Å²) >= 11 is 0. The Kier molecular flexibility index (Phi) is 7.12. The molecule has 1 aliphatic heterocycles. The molecule has 2 aromatic carbocycles. The molecule has 4 rings (SSSR count). The molecule has 178 valence electrons. The molecule has 2 heterocycles. The zero-order valence-corrected chi connectivity index (χ0v) is 19.7. The third kappa shape index (κ3) is 5.04. The lowest BCUT2D eigenvalue weighted by Gasteiger charge is -2.32. The van der Waals surface area contributed by atoms with Gasteiger partial charge in [0.2, 0.25) is 0 Å². The first kappa shape index (κ1) is 23.7. The van der Waals surface area contributed by atoms with Gasteiger partial charge in [-0.15, -0.1) is 0 Å². The first-order valence-electron chi connectivity index (χ1n) is 11.2. The molecule has 0 saturated carbocycles. The van der Waals surface area contributed by atoms with E-state index in [1.165, 1.54) is 22.6 Å². The predicted molar refractivity (Wildman–Crippen MR) is 130 cm³/mol. The third-order valence-corrected chi connectivity index (χ3v) is 7.78. The minimum atomic E-state index is -3.73. The van der Waals surface area contributed by atoms with Gasteiger partial charge in [-0.25, -0.2) is 17.8 Å². The van der Waals surface area contributed by atoms with Crippen LogP contribution in [0.4, 0.5) is 15.9 Å². The molecule has 1 N–H and O–H groups in total. The first-order chi connectivity index (χ1) is 16.4. The second-order valence-corrected chi connectivity index (χ2v) is 9.94. The SMILES string of the molecule is CCN(c1ccccc1)S(=O)(=O)c1ccc(NC2CCN(C(=O)c3ccccc3F)CC2)nc1. The summed E-state index contributed by atoms with van der Waals surface area (Å²) in [4.78, 5) is 18.7. The van der Waals surface area contributed by atoms with Crippen LogP contribution in [-0.4, -0.2) is 49.9 Å². The van der Waals surface area contributed by atoms with E-state index < -0.39 is 15.8 Å².